The normalized spacial score (nSPS) is 14.9. The van der Waals surface area contributed by atoms with E-state index in [4.69, 9.17) is 9.29 Å². The maximum absolute atomic E-state index is 10.5. The Bertz CT molecular complexity index is 1060. The molecular weight excluding hydrogens is 402 g/mol. The lowest BCUT2D eigenvalue weighted by Gasteiger charge is -2.26. The Kier molecular flexibility index (Phi) is 7.47. The average Bonchev–Trinajstić information content (AvgIpc) is 3.08. The Labute approximate surface area is 178 Å². The van der Waals surface area contributed by atoms with Crippen LogP contribution in [-0.2, 0) is 10.1 Å². The number of piperidine rings is 1. The molecule has 0 unspecified atom stereocenters. The molecule has 4 rings (SSSR count). The molecule has 8 heteroatoms. The molecule has 0 aliphatic carbocycles. The van der Waals surface area contributed by atoms with Crippen LogP contribution in [0, 0.1) is 13.8 Å². The van der Waals surface area contributed by atoms with Crippen molar-refractivity contribution in [2.24, 2.45) is 0 Å². The number of pyridine rings is 1. The van der Waals surface area contributed by atoms with E-state index in [1.807, 2.05) is 30.6 Å². The van der Waals surface area contributed by atoms with Gasteiger partial charge in [0.2, 0.25) is 0 Å². The topological polar surface area (TPSA) is 84.1 Å². The van der Waals surface area contributed by atoms with Crippen molar-refractivity contribution in [3.63, 3.8) is 0 Å². The number of hydrogen-bond donors (Lipinski definition) is 1. The van der Waals surface area contributed by atoms with Gasteiger partial charge in [-0.2, -0.15) is 13.5 Å². The summed E-state index contributed by atoms with van der Waals surface area (Å²) in [6.07, 6.45) is 6.01. The quantitative estimate of drug-likeness (QED) is 0.620. The smallest absolute Gasteiger partial charge is 0.294 e. The standard InChI is InChI=1S/C15H21N3O.C7H8O3S/c1-13-11-14-12-15(5-8-18(14)16-13)19-10-9-17-6-3-2-4-7-17;1-6-2-4-7(5-3-6)11(8,9)10/h5,8,11-12H,2-4,6-7,9-10H2,1H3;2-5H,1H3,(H,8,9,10). The molecule has 0 spiro atoms. The van der Waals surface area contributed by atoms with Crippen LogP contribution in [0.2, 0.25) is 0 Å². The SMILES string of the molecule is Cc1cc2cc(OCCN3CCCCC3)ccn2n1.Cc1ccc(S(=O)(=O)O)cc1. The number of nitrogens with zero attached hydrogens (tertiary/aromatic N) is 3. The minimum Gasteiger partial charge on any atom is -0.492 e. The zero-order valence-corrected chi connectivity index (χ0v) is 18.3. The Morgan fingerprint density at radius 3 is 2.40 bits per heavy atom. The van der Waals surface area contributed by atoms with Crippen LogP contribution in [-0.4, -0.2) is 53.7 Å². The first-order valence-corrected chi connectivity index (χ1v) is 11.6. The summed E-state index contributed by atoms with van der Waals surface area (Å²) in [4.78, 5) is 2.42. The van der Waals surface area contributed by atoms with Crippen LogP contribution in [0.4, 0.5) is 0 Å². The molecular formula is C22H29N3O4S. The molecule has 1 N–H and O–H groups in total. The summed E-state index contributed by atoms with van der Waals surface area (Å²) in [6.45, 7) is 8.10. The molecule has 30 heavy (non-hydrogen) atoms. The van der Waals surface area contributed by atoms with Crippen molar-refractivity contribution in [1.82, 2.24) is 14.5 Å². The molecule has 1 saturated heterocycles. The van der Waals surface area contributed by atoms with Gasteiger partial charge in [-0.05, 0) is 64.0 Å². The van der Waals surface area contributed by atoms with Crippen molar-refractivity contribution in [1.29, 1.82) is 0 Å². The zero-order valence-electron chi connectivity index (χ0n) is 17.5. The van der Waals surface area contributed by atoms with Gasteiger partial charge < -0.3 is 4.74 Å². The fourth-order valence-electron chi connectivity index (χ4n) is 3.38. The second-order valence-electron chi connectivity index (χ2n) is 7.56. The Morgan fingerprint density at radius 2 is 1.73 bits per heavy atom. The summed E-state index contributed by atoms with van der Waals surface area (Å²) in [7, 11) is -4.02. The van der Waals surface area contributed by atoms with Gasteiger partial charge in [-0.25, -0.2) is 4.52 Å². The number of rotatable bonds is 5. The predicted molar refractivity (Wildman–Crippen MR) is 117 cm³/mol. The van der Waals surface area contributed by atoms with E-state index >= 15 is 0 Å². The largest absolute Gasteiger partial charge is 0.492 e. The van der Waals surface area contributed by atoms with Crippen molar-refractivity contribution in [2.45, 2.75) is 38.0 Å². The molecule has 0 amide bonds. The molecule has 0 bridgehead atoms. The van der Waals surface area contributed by atoms with Crippen LogP contribution in [0.1, 0.15) is 30.5 Å². The van der Waals surface area contributed by atoms with Crippen LogP contribution in [0.15, 0.2) is 53.6 Å². The second kappa shape index (κ2) is 10.1. The third kappa shape index (κ3) is 6.55. The molecule has 1 fully saturated rings. The van der Waals surface area contributed by atoms with E-state index in [1.165, 1.54) is 44.5 Å². The fraction of sp³-hybridized carbons (Fsp3) is 0.409. The number of fused-ring (bicyclic) bond motifs is 1. The number of hydrogen-bond acceptors (Lipinski definition) is 5. The first kappa shape index (κ1) is 22.3. The van der Waals surface area contributed by atoms with Crippen molar-refractivity contribution < 1.29 is 17.7 Å². The van der Waals surface area contributed by atoms with Gasteiger partial charge in [-0.15, -0.1) is 0 Å². The highest BCUT2D eigenvalue weighted by Gasteiger charge is 2.09. The highest BCUT2D eigenvalue weighted by Crippen LogP contribution is 2.16. The van der Waals surface area contributed by atoms with Gasteiger partial charge in [0.1, 0.15) is 12.4 Å². The van der Waals surface area contributed by atoms with Crippen molar-refractivity contribution >= 4 is 15.6 Å². The zero-order chi connectivity index (χ0) is 21.6. The molecule has 1 aliphatic rings. The molecule has 0 atom stereocenters. The van der Waals surface area contributed by atoms with Gasteiger partial charge in [0.05, 0.1) is 16.1 Å². The number of ether oxygens (including phenoxy) is 1. The van der Waals surface area contributed by atoms with E-state index in [0.29, 0.717) is 0 Å². The third-order valence-corrected chi connectivity index (χ3v) is 5.87. The lowest BCUT2D eigenvalue weighted by atomic mass is 10.1. The number of aryl methyl sites for hydroxylation is 2. The minimum atomic E-state index is -4.02. The first-order chi connectivity index (χ1) is 14.3. The van der Waals surface area contributed by atoms with Crippen LogP contribution in [0.5, 0.6) is 5.75 Å². The molecule has 0 radical (unpaired) electrons. The van der Waals surface area contributed by atoms with E-state index < -0.39 is 10.1 Å². The van der Waals surface area contributed by atoms with E-state index in [0.717, 1.165) is 35.7 Å². The van der Waals surface area contributed by atoms with Crippen LogP contribution < -0.4 is 4.74 Å². The Morgan fingerprint density at radius 1 is 1.03 bits per heavy atom. The summed E-state index contributed by atoms with van der Waals surface area (Å²) < 4.78 is 37.3. The van der Waals surface area contributed by atoms with Crippen molar-refractivity contribution in [2.75, 3.05) is 26.2 Å². The summed E-state index contributed by atoms with van der Waals surface area (Å²) >= 11 is 0. The molecule has 0 saturated carbocycles. The van der Waals surface area contributed by atoms with Gasteiger partial charge in [0.15, 0.2) is 0 Å². The average molecular weight is 432 g/mol. The fourth-order valence-corrected chi connectivity index (χ4v) is 3.86. The van der Waals surface area contributed by atoms with E-state index in [2.05, 4.69) is 22.1 Å². The maximum Gasteiger partial charge on any atom is 0.294 e. The van der Waals surface area contributed by atoms with Gasteiger partial charge in [0.25, 0.3) is 10.1 Å². The van der Waals surface area contributed by atoms with Crippen LogP contribution in [0.25, 0.3) is 5.52 Å². The summed E-state index contributed by atoms with van der Waals surface area (Å²) in [6, 6.07) is 12.1. The highest BCUT2D eigenvalue weighted by molar-refractivity contribution is 7.85. The molecule has 2 aromatic heterocycles. The summed E-state index contributed by atoms with van der Waals surface area (Å²) in [5.41, 5.74) is 3.08. The van der Waals surface area contributed by atoms with Crippen molar-refractivity contribution in [3.8, 4) is 5.75 Å². The highest BCUT2D eigenvalue weighted by atomic mass is 32.2. The van der Waals surface area contributed by atoms with E-state index in [-0.39, 0.29) is 4.90 Å². The van der Waals surface area contributed by atoms with Crippen LogP contribution in [0.3, 0.4) is 0 Å². The molecule has 7 nitrogen and oxygen atoms in total. The molecule has 3 aromatic rings. The maximum atomic E-state index is 10.5. The van der Waals surface area contributed by atoms with E-state index in [9.17, 15) is 8.42 Å². The Hall–Kier alpha value is -2.42. The second-order valence-corrected chi connectivity index (χ2v) is 8.98. The lowest BCUT2D eigenvalue weighted by Crippen LogP contribution is -2.33. The lowest BCUT2D eigenvalue weighted by molar-refractivity contribution is 0.183. The monoisotopic (exact) mass is 431 g/mol. The number of benzene rings is 1. The van der Waals surface area contributed by atoms with E-state index in [1.54, 1.807) is 12.1 Å². The number of likely N-dealkylation sites (tertiary alicyclic amines) is 1. The predicted octanol–water partition coefficient (Wildman–Crippen LogP) is 3.75. The third-order valence-electron chi connectivity index (χ3n) is 5.00. The summed E-state index contributed by atoms with van der Waals surface area (Å²) in [5.74, 6) is 0.935. The Balaban J connectivity index is 0.000000199. The number of aromatic nitrogens is 2. The minimum absolute atomic E-state index is 0.0666. The first-order valence-electron chi connectivity index (χ1n) is 10.2. The van der Waals surface area contributed by atoms with Gasteiger partial charge >= 0.3 is 0 Å². The molecule has 1 aromatic carbocycles. The van der Waals surface area contributed by atoms with Gasteiger partial charge in [-0.1, -0.05) is 24.1 Å². The molecule has 3 heterocycles. The molecule has 1 aliphatic heterocycles. The van der Waals surface area contributed by atoms with Crippen molar-refractivity contribution in [3.05, 3.63) is 59.9 Å². The van der Waals surface area contributed by atoms with Gasteiger partial charge in [-0.3, -0.25) is 9.45 Å². The van der Waals surface area contributed by atoms with Crippen LogP contribution >= 0.6 is 0 Å². The van der Waals surface area contributed by atoms with Gasteiger partial charge in [0, 0.05) is 18.8 Å². The summed E-state index contributed by atoms with van der Waals surface area (Å²) in [5, 5.41) is 4.36. The molecule has 162 valence electrons.